The molecule has 0 aromatic heterocycles. The molecule has 1 aliphatic carbocycles. The minimum absolute atomic E-state index is 0.0300. The smallest absolute Gasteiger partial charge is 0.237 e. The first-order chi connectivity index (χ1) is 6.52. The van der Waals surface area contributed by atoms with Gasteiger partial charge < -0.3 is 5.32 Å². The van der Waals surface area contributed by atoms with E-state index < -0.39 is 5.38 Å². The fourth-order valence-electron chi connectivity index (χ4n) is 2.08. The molecule has 1 aliphatic rings. The van der Waals surface area contributed by atoms with Gasteiger partial charge in [0.25, 0.3) is 0 Å². The Morgan fingerprint density at radius 2 is 2.07 bits per heavy atom. The summed E-state index contributed by atoms with van der Waals surface area (Å²) in [7, 11) is 0. The van der Waals surface area contributed by atoms with Crippen LogP contribution in [0.1, 0.15) is 40.0 Å². The van der Waals surface area contributed by atoms with Crippen molar-refractivity contribution in [2.75, 3.05) is 0 Å². The Morgan fingerprint density at radius 3 is 2.64 bits per heavy atom. The molecule has 0 spiro atoms. The Hall–Kier alpha value is -0.240. The number of amides is 1. The lowest BCUT2D eigenvalue weighted by atomic mass is 9.78. The fraction of sp³-hybridized carbons (Fsp3) is 0.909. The number of hydrogen-bond acceptors (Lipinski definition) is 1. The van der Waals surface area contributed by atoms with Crippen LogP contribution in [0.5, 0.6) is 0 Å². The second-order valence-corrected chi connectivity index (χ2v) is 5.15. The van der Waals surface area contributed by atoms with Crippen LogP contribution in [0.2, 0.25) is 0 Å². The summed E-state index contributed by atoms with van der Waals surface area (Å²) < 4.78 is 0. The van der Waals surface area contributed by atoms with Gasteiger partial charge in [0.15, 0.2) is 0 Å². The predicted molar refractivity (Wildman–Crippen MR) is 59.4 cm³/mol. The van der Waals surface area contributed by atoms with Gasteiger partial charge in [0.05, 0.1) is 0 Å². The highest BCUT2D eigenvalue weighted by atomic mass is 35.5. The molecule has 14 heavy (non-hydrogen) atoms. The van der Waals surface area contributed by atoms with E-state index in [1.165, 1.54) is 12.8 Å². The van der Waals surface area contributed by atoms with Gasteiger partial charge in [-0.05, 0) is 25.2 Å². The molecule has 1 fully saturated rings. The van der Waals surface area contributed by atoms with E-state index in [0.717, 1.165) is 6.42 Å². The van der Waals surface area contributed by atoms with Crippen molar-refractivity contribution in [1.29, 1.82) is 0 Å². The Kier molecular flexibility index (Phi) is 4.24. The molecule has 0 saturated heterocycles. The monoisotopic (exact) mass is 217 g/mol. The van der Waals surface area contributed by atoms with Gasteiger partial charge in [0, 0.05) is 6.04 Å². The zero-order valence-electron chi connectivity index (χ0n) is 9.22. The minimum Gasteiger partial charge on any atom is -0.352 e. The molecule has 0 aromatic rings. The van der Waals surface area contributed by atoms with Crippen molar-refractivity contribution < 1.29 is 4.79 Å². The van der Waals surface area contributed by atoms with E-state index >= 15 is 0 Å². The number of rotatable bonds is 2. The van der Waals surface area contributed by atoms with Gasteiger partial charge in [-0.25, -0.2) is 0 Å². The highest BCUT2D eigenvalue weighted by Gasteiger charge is 2.28. The standard InChI is InChI=1S/C11H20ClNO/c1-7-5-4-6-10(8(7)2)13-11(14)9(3)12/h7-10H,4-6H2,1-3H3,(H,13,14)/t7-,8-,9-,10+/m1/s1. The molecule has 2 nitrogen and oxygen atoms in total. The first-order valence-electron chi connectivity index (χ1n) is 5.46. The molecule has 3 heteroatoms. The zero-order chi connectivity index (χ0) is 10.7. The lowest BCUT2D eigenvalue weighted by Gasteiger charge is -2.34. The molecule has 0 heterocycles. The maximum absolute atomic E-state index is 11.4. The van der Waals surface area contributed by atoms with Crippen LogP contribution in [0, 0.1) is 11.8 Å². The summed E-state index contributed by atoms with van der Waals surface area (Å²) in [5.41, 5.74) is 0. The average Bonchev–Trinajstić information content (AvgIpc) is 2.12. The summed E-state index contributed by atoms with van der Waals surface area (Å²) in [5.74, 6) is 1.25. The van der Waals surface area contributed by atoms with Gasteiger partial charge in [-0.15, -0.1) is 11.6 Å². The summed E-state index contributed by atoms with van der Waals surface area (Å²) in [6, 6.07) is 0.326. The van der Waals surface area contributed by atoms with Crippen molar-refractivity contribution in [2.45, 2.75) is 51.5 Å². The Balaban J connectivity index is 2.47. The van der Waals surface area contributed by atoms with E-state index in [1.807, 2.05) is 0 Å². The molecule has 4 atom stereocenters. The van der Waals surface area contributed by atoms with Crippen molar-refractivity contribution in [3.05, 3.63) is 0 Å². The number of nitrogens with one attached hydrogen (secondary N) is 1. The van der Waals surface area contributed by atoms with Gasteiger partial charge in [0.1, 0.15) is 5.38 Å². The quantitative estimate of drug-likeness (QED) is 0.708. The van der Waals surface area contributed by atoms with E-state index in [-0.39, 0.29) is 5.91 Å². The maximum Gasteiger partial charge on any atom is 0.237 e. The second-order valence-electron chi connectivity index (χ2n) is 4.50. The van der Waals surface area contributed by atoms with Crippen LogP contribution >= 0.6 is 11.6 Å². The van der Waals surface area contributed by atoms with Crippen molar-refractivity contribution in [3.63, 3.8) is 0 Å². The summed E-state index contributed by atoms with van der Waals surface area (Å²) in [4.78, 5) is 11.4. The number of hydrogen-bond donors (Lipinski definition) is 1. The topological polar surface area (TPSA) is 29.1 Å². The maximum atomic E-state index is 11.4. The molecule has 1 saturated carbocycles. The SMILES string of the molecule is C[C@@H]1[C@H](C)CCC[C@@H]1NC(=O)[C@@H](C)Cl. The van der Waals surface area contributed by atoms with Crippen molar-refractivity contribution in [1.82, 2.24) is 5.32 Å². The van der Waals surface area contributed by atoms with Crippen LogP contribution in [-0.4, -0.2) is 17.3 Å². The van der Waals surface area contributed by atoms with E-state index in [0.29, 0.717) is 17.9 Å². The number of carbonyl (C=O) groups is 1. The van der Waals surface area contributed by atoms with Crippen LogP contribution in [0.3, 0.4) is 0 Å². The van der Waals surface area contributed by atoms with Gasteiger partial charge >= 0.3 is 0 Å². The number of halogens is 1. The molecule has 1 amide bonds. The summed E-state index contributed by atoms with van der Waals surface area (Å²) in [6.07, 6.45) is 3.60. The van der Waals surface area contributed by atoms with Crippen LogP contribution in [-0.2, 0) is 4.79 Å². The molecule has 0 unspecified atom stereocenters. The van der Waals surface area contributed by atoms with E-state index in [9.17, 15) is 4.79 Å². The number of alkyl halides is 1. The van der Waals surface area contributed by atoms with Crippen molar-refractivity contribution >= 4 is 17.5 Å². The average molecular weight is 218 g/mol. The molecule has 0 aliphatic heterocycles. The molecule has 0 bridgehead atoms. The van der Waals surface area contributed by atoms with Crippen LogP contribution in [0.25, 0.3) is 0 Å². The van der Waals surface area contributed by atoms with Gasteiger partial charge in [0.2, 0.25) is 5.91 Å². The minimum atomic E-state index is -0.417. The normalized spacial score (nSPS) is 35.0. The third-order valence-corrected chi connectivity index (χ3v) is 3.59. The lowest BCUT2D eigenvalue weighted by Crippen LogP contribution is -2.45. The van der Waals surface area contributed by atoms with E-state index in [1.54, 1.807) is 6.92 Å². The third kappa shape index (κ3) is 2.88. The molecular weight excluding hydrogens is 198 g/mol. The fourth-order valence-corrected chi connectivity index (χ4v) is 2.15. The molecule has 82 valence electrons. The van der Waals surface area contributed by atoms with Crippen LogP contribution in [0.15, 0.2) is 0 Å². The van der Waals surface area contributed by atoms with E-state index in [4.69, 9.17) is 11.6 Å². The van der Waals surface area contributed by atoms with Crippen molar-refractivity contribution in [3.8, 4) is 0 Å². The Bertz CT molecular complexity index is 205. The molecular formula is C11H20ClNO. The molecule has 1 N–H and O–H groups in total. The van der Waals surface area contributed by atoms with Crippen LogP contribution in [0.4, 0.5) is 0 Å². The molecule has 0 radical (unpaired) electrons. The van der Waals surface area contributed by atoms with Crippen LogP contribution < -0.4 is 5.32 Å². The summed E-state index contributed by atoms with van der Waals surface area (Å²) in [6.45, 7) is 6.19. The van der Waals surface area contributed by atoms with E-state index in [2.05, 4.69) is 19.2 Å². The first kappa shape index (κ1) is 11.8. The van der Waals surface area contributed by atoms with Gasteiger partial charge in [-0.2, -0.15) is 0 Å². The highest BCUT2D eigenvalue weighted by molar-refractivity contribution is 6.30. The largest absolute Gasteiger partial charge is 0.352 e. The zero-order valence-corrected chi connectivity index (χ0v) is 9.97. The van der Waals surface area contributed by atoms with Crippen molar-refractivity contribution in [2.24, 2.45) is 11.8 Å². The predicted octanol–water partition coefficient (Wildman–Crippen LogP) is 2.55. The second kappa shape index (κ2) is 5.01. The lowest BCUT2D eigenvalue weighted by molar-refractivity contribution is -0.121. The van der Waals surface area contributed by atoms with Gasteiger partial charge in [-0.3, -0.25) is 4.79 Å². The highest BCUT2D eigenvalue weighted by Crippen LogP contribution is 2.29. The molecule has 0 aromatic carbocycles. The van der Waals surface area contributed by atoms with Gasteiger partial charge in [-0.1, -0.05) is 26.7 Å². The third-order valence-electron chi connectivity index (χ3n) is 3.40. The summed E-state index contributed by atoms with van der Waals surface area (Å²) >= 11 is 5.72. The Labute approximate surface area is 91.4 Å². The first-order valence-corrected chi connectivity index (χ1v) is 5.90. The Morgan fingerprint density at radius 1 is 1.43 bits per heavy atom. The molecule has 1 rings (SSSR count). The summed E-state index contributed by atoms with van der Waals surface area (Å²) in [5, 5.41) is 2.61. The number of carbonyl (C=O) groups excluding carboxylic acids is 1.